The van der Waals surface area contributed by atoms with Crippen LogP contribution in [0, 0.1) is 0 Å². The highest BCUT2D eigenvalue weighted by molar-refractivity contribution is 5.95. The molecule has 0 spiro atoms. The van der Waals surface area contributed by atoms with E-state index in [2.05, 4.69) is 27.2 Å². The fourth-order valence-electron chi connectivity index (χ4n) is 4.89. The predicted molar refractivity (Wildman–Crippen MR) is 124 cm³/mol. The van der Waals surface area contributed by atoms with E-state index in [-0.39, 0.29) is 5.91 Å². The van der Waals surface area contributed by atoms with Gasteiger partial charge in [-0.3, -0.25) is 14.8 Å². The number of H-pyrrole nitrogens is 1. The molecule has 0 radical (unpaired) electrons. The molecule has 0 bridgehead atoms. The maximum atomic E-state index is 13.2. The Hall–Kier alpha value is -2.38. The molecule has 1 N–H and O–H groups in total. The van der Waals surface area contributed by atoms with E-state index in [1.165, 1.54) is 18.4 Å². The Morgan fingerprint density at radius 1 is 1.12 bits per heavy atom. The maximum Gasteiger partial charge on any atom is 0.257 e. The molecule has 0 unspecified atom stereocenters. The second-order valence-electron chi connectivity index (χ2n) is 8.97. The molecule has 1 aromatic carbocycles. The highest BCUT2D eigenvalue weighted by Crippen LogP contribution is 2.30. The number of amides is 1. The Labute approximate surface area is 191 Å². The van der Waals surface area contributed by atoms with Crippen molar-refractivity contribution in [2.45, 2.75) is 51.0 Å². The van der Waals surface area contributed by atoms with Crippen molar-refractivity contribution in [2.24, 2.45) is 0 Å². The number of ether oxygens (including phenoxy) is 2. The molecule has 7 nitrogen and oxygen atoms in total. The lowest BCUT2D eigenvalue weighted by Crippen LogP contribution is -2.36. The number of carbonyl (C=O) groups excluding carboxylic acids is 1. The average Bonchev–Trinajstić information content (AvgIpc) is 3.14. The van der Waals surface area contributed by atoms with E-state index in [4.69, 9.17) is 9.47 Å². The molecule has 2 aliphatic rings. The number of rotatable bonds is 8. The summed E-state index contributed by atoms with van der Waals surface area (Å²) in [6, 6.07) is 8.30. The van der Waals surface area contributed by atoms with Crippen LogP contribution in [-0.2, 0) is 11.3 Å². The van der Waals surface area contributed by atoms with E-state index in [1.807, 2.05) is 17.0 Å². The van der Waals surface area contributed by atoms with Gasteiger partial charge in [0.05, 0.1) is 24.1 Å². The highest BCUT2D eigenvalue weighted by atomic mass is 16.5. The van der Waals surface area contributed by atoms with Gasteiger partial charge in [0.15, 0.2) is 0 Å². The first-order valence-electron chi connectivity index (χ1n) is 12.0. The van der Waals surface area contributed by atoms with Gasteiger partial charge in [-0.25, -0.2) is 0 Å². The molecule has 174 valence electrons. The number of benzene rings is 1. The van der Waals surface area contributed by atoms with Crippen molar-refractivity contribution in [3.8, 4) is 5.75 Å². The molecule has 2 aliphatic heterocycles. The van der Waals surface area contributed by atoms with Crippen molar-refractivity contribution in [2.75, 3.05) is 46.5 Å². The van der Waals surface area contributed by atoms with Gasteiger partial charge in [0.1, 0.15) is 12.4 Å². The fourth-order valence-corrected chi connectivity index (χ4v) is 4.89. The summed E-state index contributed by atoms with van der Waals surface area (Å²) in [6.07, 6.45) is 8.58. The van der Waals surface area contributed by atoms with Crippen molar-refractivity contribution in [3.05, 3.63) is 47.3 Å². The molecule has 1 aromatic heterocycles. The van der Waals surface area contributed by atoms with E-state index in [0.29, 0.717) is 19.1 Å². The molecule has 0 saturated carbocycles. The number of nitrogens with zero attached hydrogens (tertiary/aromatic N) is 3. The van der Waals surface area contributed by atoms with E-state index in [9.17, 15) is 4.79 Å². The first-order chi connectivity index (χ1) is 15.7. The highest BCUT2D eigenvalue weighted by Gasteiger charge is 2.29. The SMILES string of the molecule is COCCOc1cccc(CN2CCC[C@@H](c3[nH]ncc3C(=O)N3CCCCCC3)C2)c1. The minimum absolute atomic E-state index is 0.147. The second-order valence-corrected chi connectivity index (χ2v) is 8.97. The molecule has 7 heteroatoms. The Bertz CT molecular complexity index is 860. The van der Waals surface area contributed by atoms with Crippen LogP contribution in [-0.4, -0.2) is 72.4 Å². The topological polar surface area (TPSA) is 70.7 Å². The molecule has 3 heterocycles. The van der Waals surface area contributed by atoms with Crippen LogP contribution in [0.1, 0.15) is 66.1 Å². The van der Waals surface area contributed by atoms with E-state index in [1.54, 1.807) is 13.3 Å². The molecule has 32 heavy (non-hydrogen) atoms. The molecule has 4 rings (SSSR count). The smallest absolute Gasteiger partial charge is 0.257 e. The predicted octanol–water partition coefficient (Wildman–Crippen LogP) is 3.83. The molecule has 1 amide bonds. The Kier molecular flexibility index (Phi) is 8.18. The molecule has 1 atom stereocenters. The Morgan fingerprint density at radius 2 is 1.97 bits per heavy atom. The lowest BCUT2D eigenvalue weighted by molar-refractivity contribution is 0.0759. The van der Waals surface area contributed by atoms with Crippen molar-refractivity contribution in [1.29, 1.82) is 0 Å². The van der Waals surface area contributed by atoms with E-state index in [0.717, 1.165) is 75.4 Å². The lowest BCUT2D eigenvalue weighted by atomic mass is 9.92. The fraction of sp³-hybridized carbons (Fsp3) is 0.600. The number of likely N-dealkylation sites (tertiary alicyclic amines) is 2. The maximum absolute atomic E-state index is 13.2. The molecule has 2 aromatic rings. The zero-order chi connectivity index (χ0) is 22.2. The quantitative estimate of drug-likeness (QED) is 0.632. The molecular weight excluding hydrogens is 404 g/mol. The molecule has 0 aliphatic carbocycles. The van der Waals surface area contributed by atoms with E-state index >= 15 is 0 Å². The normalized spacial score (nSPS) is 20.2. The first-order valence-corrected chi connectivity index (χ1v) is 12.0. The zero-order valence-corrected chi connectivity index (χ0v) is 19.2. The van der Waals surface area contributed by atoms with Crippen LogP contribution in [0.4, 0.5) is 0 Å². The Morgan fingerprint density at radius 3 is 2.78 bits per heavy atom. The van der Waals surface area contributed by atoms with Crippen LogP contribution < -0.4 is 4.74 Å². The lowest BCUT2D eigenvalue weighted by Gasteiger charge is -2.33. The van der Waals surface area contributed by atoms with Crippen LogP contribution in [0.3, 0.4) is 0 Å². The second kappa shape index (κ2) is 11.5. The Balaban J connectivity index is 1.39. The summed E-state index contributed by atoms with van der Waals surface area (Å²) in [5, 5.41) is 7.45. The number of nitrogens with one attached hydrogen (secondary N) is 1. The monoisotopic (exact) mass is 440 g/mol. The summed E-state index contributed by atoms with van der Waals surface area (Å²) in [4.78, 5) is 17.7. The minimum Gasteiger partial charge on any atom is -0.491 e. The zero-order valence-electron chi connectivity index (χ0n) is 19.2. The van der Waals surface area contributed by atoms with Crippen LogP contribution in [0.15, 0.2) is 30.5 Å². The molecule has 2 saturated heterocycles. The van der Waals surface area contributed by atoms with Gasteiger partial charge in [-0.15, -0.1) is 0 Å². The first kappa shape index (κ1) is 22.8. The molecule has 2 fully saturated rings. The van der Waals surface area contributed by atoms with Crippen molar-refractivity contribution >= 4 is 5.91 Å². The van der Waals surface area contributed by atoms with Crippen molar-refractivity contribution < 1.29 is 14.3 Å². The summed E-state index contributed by atoms with van der Waals surface area (Å²) in [6.45, 7) is 5.74. The van der Waals surface area contributed by atoms with Gasteiger partial charge in [0, 0.05) is 39.2 Å². The van der Waals surface area contributed by atoms with Gasteiger partial charge in [0.2, 0.25) is 0 Å². The van der Waals surface area contributed by atoms with Crippen molar-refractivity contribution in [1.82, 2.24) is 20.0 Å². The summed E-state index contributed by atoms with van der Waals surface area (Å²) >= 11 is 0. The van der Waals surface area contributed by atoms with Crippen LogP contribution in [0.2, 0.25) is 0 Å². The number of carbonyl (C=O) groups is 1. The van der Waals surface area contributed by atoms with Gasteiger partial charge in [-0.1, -0.05) is 25.0 Å². The van der Waals surface area contributed by atoms with Crippen LogP contribution in [0.25, 0.3) is 0 Å². The summed E-state index contributed by atoms with van der Waals surface area (Å²) < 4.78 is 10.8. The van der Waals surface area contributed by atoms with Gasteiger partial charge < -0.3 is 14.4 Å². The largest absolute Gasteiger partial charge is 0.491 e. The third-order valence-corrected chi connectivity index (χ3v) is 6.57. The summed E-state index contributed by atoms with van der Waals surface area (Å²) in [5.41, 5.74) is 3.03. The average molecular weight is 441 g/mol. The van der Waals surface area contributed by atoms with Gasteiger partial charge in [0.25, 0.3) is 5.91 Å². The third-order valence-electron chi connectivity index (χ3n) is 6.57. The minimum atomic E-state index is 0.147. The van der Waals surface area contributed by atoms with Gasteiger partial charge in [-0.05, 0) is 49.9 Å². The van der Waals surface area contributed by atoms with Crippen LogP contribution >= 0.6 is 0 Å². The van der Waals surface area contributed by atoms with Gasteiger partial charge >= 0.3 is 0 Å². The van der Waals surface area contributed by atoms with Gasteiger partial charge in [-0.2, -0.15) is 5.10 Å². The number of piperidine rings is 1. The summed E-state index contributed by atoms with van der Waals surface area (Å²) in [5.74, 6) is 1.33. The number of hydrogen-bond acceptors (Lipinski definition) is 5. The van der Waals surface area contributed by atoms with Crippen molar-refractivity contribution in [3.63, 3.8) is 0 Å². The van der Waals surface area contributed by atoms with E-state index < -0.39 is 0 Å². The third kappa shape index (κ3) is 5.90. The number of aromatic amines is 1. The number of aromatic nitrogens is 2. The number of methoxy groups -OCH3 is 1. The standard InChI is InChI=1S/C25H36N4O3/c1-31-14-15-32-22-10-6-8-20(16-22)18-28-11-7-9-21(19-28)24-23(17-26-27-24)25(30)29-12-4-2-3-5-13-29/h6,8,10,16-17,21H,2-5,7,9,11-15,18-19H2,1H3,(H,26,27)/t21-/m1/s1. The van der Waals surface area contributed by atoms with Crippen LogP contribution in [0.5, 0.6) is 5.75 Å². The molecular formula is C25H36N4O3. The number of hydrogen-bond donors (Lipinski definition) is 1. The summed E-state index contributed by atoms with van der Waals surface area (Å²) in [7, 11) is 1.68.